The Kier molecular flexibility index (Phi) is 3.73. The topological polar surface area (TPSA) is 9.23 Å². The van der Waals surface area contributed by atoms with E-state index in [4.69, 9.17) is 16.3 Å². The van der Waals surface area contributed by atoms with Crippen molar-refractivity contribution in [2.45, 2.75) is 19.3 Å². The molecule has 1 nitrogen and oxygen atoms in total. The molecule has 0 aliphatic carbocycles. The van der Waals surface area contributed by atoms with Crippen molar-refractivity contribution < 1.29 is 4.74 Å². The third-order valence-corrected chi connectivity index (χ3v) is 3.40. The molecule has 0 unspecified atom stereocenters. The first kappa shape index (κ1) is 11.7. The van der Waals surface area contributed by atoms with Gasteiger partial charge in [0.25, 0.3) is 0 Å². The van der Waals surface area contributed by atoms with Gasteiger partial charge in [-0.3, -0.25) is 0 Å². The molecular weight excluding hydrogens is 216 g/mol. The third-order valence-electron chi connectivity index (χ3n) is 2.30. The van der Waals surface area contributed by atoms with Gasteiger partial charge in [-0.2, -0.15) is 12.6 Å². The predicted octanol–water partition coefficient (Wildman–Crippen LogP) is 3.56. The number of hydrogen-bond donors (Lipinski definition) is 1. The normalized spacial score (nSPS) is 11.5. The summed E-state index contributed by atoms with van der Waals surface area (Å²) in [6.45, 7) is 4.24. The van der Waals surface area contributed by atoms with Gasteiger partial charge < -0.3 is 4.74 Å². The molecule has 0 radical (unpaired) electrons. The Morgan fingerprint density at radius 3 is 2.50 bits per heavy atom. The summed E-state index contributed by atoms with van der Waals surface area (Å²) in [6.07, 6.45) is 0. The van der Waals surface area contributed by atoms with Crippen molar-refractivity contribution >= 4 is 24.2 Å². The van der Waals surface area contributed by atoms with Crippen LogP contribution in [0.3, 0.4) is 0 Å². The molecule has 0 atom stereocenters. The molecule has 0 aromatic heterocycles. The van der Waals surface area contributed by atoms with Gasteiger partial charge in [0.2, 0.25) is 0 Å². The highest BCUT2D eigenvalue weighted by Gasteiger charge is 2.21. The van der Waals surface area contributed by atoms with Gasteiger partial charge in [0.15, 0.2) is 0 Å². The number of methoxy groups -OCH3 is 1. The lowest BCUT2D eigenvalue weighted by Crippen LogP contribution is -2.19. The average Bonchev–Trinajstić information content (AvgIpc) is 2.17. The van der Waals surface area contributed by atoms with Crippen molar-refractivity contribution in [3.05, 3.63) is 28.8 Å². The number of rotatable bonds is 3. The molecule has 0 saturated heterocycles. The van der Waals surface area contributed by atoms with Gasteiger partial charge in [-0.15, -0.1) is 0 Å². The van der Waals surface area contributed by atoms with E-state index in [1.54, 1.807) is 7.11 Å². The molecule has 1 aromatic carbocycles. The first-order chi connectivity index (χ1) is 6.51. The summed E-state index contributed by atoms with van der Waals surface area (Å²) >= 11 is 10.5. The van der Waals surface area contributed by atoms with Crippen molar-refractivity contribution in [1.82, 2.24) is 0 Å². The fraction of sp³-hybridized carbons (Fsp3) is 0.455. The number of halogens is 1. The predicted molar refractivity (Wildman–Crippen MR) is 64.9 cm³/mol. The van der Waals surface area contributed by atoms with Crippen LogP contribution >= 0.6 is 24.2 Å². The Morgan fingerprint density at radius 2 is 2.07 bits per heavy atom. The van der Waals surface area contributed by atoms with Gasteiger partial charge >= 0.3 is 0 Å². The molecule has 0 bridgehead atoms. The van der Waals surface area contributed by atoms with Crippen LogP contribution in [-0.2, 0) is 5.41 Å². The van der Waals surface area contributed by atoms with Crippen molar-refractivity contribution in [3.8, 4) is 5.75 Å². The van der Waals surface area contributed by atoms with Crippen LogP contribution in [0.5, 0.6) is 5.75 Å². The van der Waals surface area contributed by atoms with Crippen molar-refractivity contribution in [1.29, 1.82) is 0 Å². The highest BCUT2D eigenvalue weighted by molar-refractivity contribution is 7.80. The minimum atomic E-state index is -0.00747. The van der Waals surface area contributed by atoms with Gasteiger partial charge in [-0.1, -0.05) is 31.5 Å². The summed E-state index contributed by atoms with van der Waals surface area (Å²) in [5.74, 6) is 1.55. The maximum Gasteiger partial charge on any atom is 0.120 e. The van der Waals surface area contributed by atoms with Crippen molar-refractivity contribution in [2.75, 3.05) is 12.9 Å². The summed E-state index contributed by atoms with van der Waals surface area (Å²) in [6, 6.07) is 5.76. The van der Waals surface area contributed by atoms with Crippen LogP contribution in [0.25, 0.3) is 0 Å². The molecule has 0 spiro atoms. The highest BCUT2D eigenvalue weighted by Crippen LogP contribution is 2.33. The molecule has 0 aliphatic heterocycles. The number of thiol groups is 1. The third kappa shape index (κ3) is 2.37. The minimum Gasteiger partial charge on any atom is -0.497 e. The zero-order valence-electron chi connectivity index (χ0n) is 8.67. The molecule has 0 amide bonds. The summed E-state index contributed by atoms with van der Waals surface area (Å²) in [7, 11) is 1.63. The van der Waals surface area contributed by atoms with Crippen LogP contribution in [0.2, 0.25) is 5.02 Å². The molecule has 0 fully saturated rings. The Hall–Kier alpha value is -0.340. The second-order valence-electron chi connectivity index (χ2n) is 3.89. The molecule has 0 N–H and O–H groups in total. The lowest BCUT2D eigenvalue weighted by Gasteiger charge is -2.24. The van der Waals surface area contributed by atoms with E-state index in [1.165, 1.54) is 0 Å². The van der Waals surface area contributed by atoms with E-state index >= 15 is 0 Å². The van der Waals surface area contributed by atoms with Crippen LogP contribution in [0.4, 0.5) is 0 Å². The van der Waals surface area contributed by atoms with Crippen LogP contribution in [0, 0.1) is 0 Å². The summed E-state index contributed by atoms with van der Waals surface area (Å²) in [5, 5.41) is 0.739. The number of benzene rings is 1. The summed E-state index contributed by atoms with van der Waals surface area (Å²) in [5.41, 5.74) is 1.10. The first-order valence-electron chi connectivity index (χ1n) is 4.46. The fourth-order valence-electron chi connectivity index (χ4n) is 1.26. The van der Waals surface area contributed by atoms with Crippen LogP contribution in [0.15, 0.2) is 18.2 Å². The number of hydrogen-bond acceptors (Lipinski definition) is 2. The maximum absolute atomic E-state index is 6.16. The van der Waals surface area contributed by atoms with E-state index < -0.39 is 0 Å². The molecule has 3 heteroatoms. The van der Waals surface area contributed by atoms with E-state index in [0.29, 0.717) is 0 Å². The molecule has 78 valence electrons. The van der Waals surface area contributed by atoms with Crippen LogP contribution in [-0.4, -0.2) is 12.9 Å². The van der Waals surface area contributed by atoms with Crippen molar-refractivity contribution in [2.24, 2.45) is 0 Å². The molecule has 0 aliphatic rings. The smallest absolute Gasteiger partial charge is 0.120 e. The molecule has 14 heavy (non-hydrogen) atoms. The van der Waals surface area contributed by atoms with Crippen molar-refractivity contribution in [3.63, 3.8) is 0 Å². The van der Waals surface area contributed by atoms with Gasteiger partial charge in [-0.25, -0.2) is 0 Å². The van der Waals surface area contributed by atoms with Gasteiger partial charge in [-0.05, 0) is 28.9 Å². The Bertz CT molecular complexity index is 323. The lowest BCUT2D eigenvalue weighted by molar-refractivity contribution is 0.414. The Morgan fingerprint density at radius 1 is 1.43 bits per heavy atom. The zero-order valence-corrected chi connectivity index (χ0v) is 10.3. The van der Waals surface area contributed by atoms with Gasteiger partial charge in [0.05, 0.1) is 7.11 Å². The lowest BCUT2D eigenvalue weighted by atomic mass is 9.87. The standard InChI is InChI=1S/C11H15ClOS/c1-11(2,7-14)9-5-4-8(13-3)6-10(9)12/h4-6,14H,7H2,1-3H3. The van der Waals surface area contributed by atoms with Crippen LogP contribution < -0.4 is 4.74 Å². The molecule has 1 rings (SSSR count). The highest BCUT2D eigenvalue weighted by atomic mass is 35.5. The monoisotopic (exact) mass is 230 g/mol. The fourth-order valence-corrected chi connectivity index (χ4v) is 1.85. The maximum atomic E-state index is 6.16. The quantitative estimate of drug-likeness (QED) is 0.782. The van der Waals surface area contributed by atoms with E-state index in [1.807, 2.05) is 18.2 Å². The van der Waals surface area contributed by atoms with E-state index in [-0.39, 0.29) is 5.41 Å². The second kappa shape index (κ2) is 4.45. The molecule has 0 saturated carbocycles. The Balaban J connectivity index is 3.12. The van der Waals surface area contributed by atoms with E-state index in [2.05, 4.69) is 26.5 Å². The van der Waals surface area contributed by atoms with E-state index in [9.17, 15) is 0 Å². The van der Waals surface area contributed by atoms with E-state index in [0.717, 1.165) is 22.1 Å². The van der Waals surface area contributed by atoms with Crippen LogP contribution in [0.1, 0.15) is 19.4 Å². The molecule has 1 aromatic rings. The minimum absolute atomic E-state index is 0.00747. The summed E-state index contributed by atoms with van der Waals surface area (Å²) in [4.78, 5) is 0. The Labute approximate surface area is 95.8 Å². The van der Waals surface area contributed by atoms with Gasteiger partial charge in [0.1, 0.15) is 5.75 Å². The first-order valence-corrected chi connectivity index (χ1v) is 5.47. The zero-order chi connectivity index (χ0) is 10.8. The largest absolute Gasteiger partial charge is 0.497 e. The summed E-state index contributed by atoms with van der Waals surface area (Å²) < 4.78 is 5.09. The van der Waals surface area contributed by atoms with Gasteiger partial charge in [0, 0.05) is 5.02 Å². The average molecular weight is 231 g/mol. The number of ether oxygens (including phenoxy) is 1. The SMILES string of the molecule is COc1ccc(C(C)(C)CS)c(Cl)c1. The second-order valence-corrected chi connectivity index (χ2v) is 4.61. The molecular formula is C11H15ClOS. The molecule has 0 heterocycles.